The molecular weight excluding hydrogens is 160 g/mol. The lowest BCUT2D eigenvalue weighted by Crippen LogP contribution is -2.49. The molecule has 0 aromatic carbocycles. The second-order valence-electron chi connectivity index (χ2n) is 4.68. The van der Waals surface area contributed by atoms with E-state index in [0.29, 0.717) is 11.6 Å². The van der Waals surface area contributed by atoms with Crippen LogP contribution in [0.4, 0.5) is 0 Å². The van der Waals surface area contributed by atoms with Crippen molar-refractivity contribution >= 4 is 0 Å². The summed E-state index contributed by atoms with van der Waals surface area (Å²) in [6.07, 6.45) is 7.58. The molecule has 2 heteroatoms. The van der Waals surface area contributed by atoms with E-state index in [1.165, 1.54) is 32.1 Å². The fourth-order valence-electron chi connectivity index (χ4n) is 1.96. The third-order valence-corrected chi connectivity index (χ3v) is 3.18. The third-order valence-electron chi connectivity index (χ3n) is 3.18. The Labute approximate surface area is 82.3 Å². The smallest absolute Gasteiger partial charge is 0.0153 e. The van der Waals surface area contributed by atoms with Crippen molar-refractivity contribution in [3.8, 4) is 0 Å². The molecular formula is C11H24N2. The van der Waals surface area contributed by atoms with Gasteiger partial charge in [-0.2, -0.15) is 0 Å². The molecule has 0 aromatic rings. The highest BCUT2D eigenvalue weighted by atomic mass is 15.0. The quantitative estimate of drug-likeness (QED) is 0.663. The maximum atomic E-state index is 5.93. The number of hydrogen-bond acceptors (Lipinski definition) is 2. The van der Waals surface area contributed by atoms with E-state index in [9.17, 15) is 0 Å². The standard InChI is InChI=1S/C11H24N2/c1-3-5-10(12)6-9-13-11(2)7-4-8-11/h10,13H,3-9,12H2,1-2H3. The molecule has 1 rings (SSSR count). The number of nitrogens with one attached hydrogen (secondary N) is 1. The first-order chi connectivity index (χ1) is 6.16. The molecule has 0 amide bonds. The second kappa shape index (κ2) is 4.97. The third kappa shape index (κ3) is 3.65. The fraction of sp³-hybridized carbons (Fsp3) is 1.00. The zero-order chi connectivity index (χ0) is 9.73. The molecule has 0 aromatic heterocycles. The molecule has 0 heterocycles. The van der Waals surface area contributed by atoms with Gasteiger partial charge in [-0.1, -0.05) is 13.3 Å². The van der Waals surface area contributed by atoms with Crippen LogP contribution in [0.1, 0.15) is 52.4 Å². The van der Waals surface area contributed by atoms with Gasteiger partial charge in [-0.15, -0.1) is 0 Å². The highest BCUT2D eigenvalue weighted by molar-refractivity contribution is 4.91. The van der Waals surface area contributed by atoms with Gasteiger partial charge in [0.1, 0.15) is 0 Å². The van der Waals surface area contributed by atoms with E-state index in [1.807, 2.05) is 0 Å². The summed E-state index contributed by atoms with van der Waals surface area (Å²) in [5.74, 6) is 0. The van der Waals surface area contributed by atoms with Crippen LogP contribution in [-0.2, 0) is 0 Å². The highest BCUT2D eigenvalue weighted by Crippen LogP contribution is 2.30. The molecule has 13 heavy (non-hydrogen) atoms. The largest absolute Gasteiger partial charge is 0.328 e. The Morgan fingerprint density at radius 3 is 2.54 bits per heavy atom. The van der Waals surface area contributed by atoms with Crippen LogP contribution in [0.5, 0.6) is 0 Å². The van der Waals surface area contributed by atoms with Gasteiger partial charge in [-0.25, -0.2) is 0 Å². The maximum absolute atomic E-state index is 5.93. The second-order valence-corrected chi connectivity index (χ2v) is 4.68. The maximum Gasteiger partial charge on any atom is 0.0153 e. The van der Waals surface area contributed by atoms with Crippen LogP contribution in [0, 0.1) is 0 Å². The summed E-state index contributed by atoms with van der Waals surface area (Å²) in [7, 11) is 0. The lowest BCUT2D eigenvalue weighted by Gasteiger charge is -2.39. The van der Waals surface area contributed by atoms with Gasteiger partial charge >= 0.3 is 0 Å². The molecule has 78 valence electrons. The highest BCUT2D eigenvalue weighted by Gasteiger charge is 2.30. The summed E-state index contributed by atoms with van der Waals surface area (Å²) in [6.45, 7) is 5.61. The first-order valence-corrected chi connectivity index (χ1v) is 5.67. The molecule has 1 fully saturated rings. The minimum Gasteiger partial charge on any atom is -0.328 e. The lowest BCUT2D eigenvalue weighted by molar-refractivity contribution is 0.207. The molecule has 0 aliphatic heterocycles. The molecule has 1 atom stereocenters. The van der Waals surface area contributed by atoms with Gasteiger partial charge in [0.15, 0.2) is 0 Å². The van der Waals surface area contributed by atoms with Gasteiger partial charge in [0.05, 0.1) is 0 Å². The molecule has 1 aliphatic carbocycles. The fourth-order valence-corrected chi connectivity index (χ4v) is 1.96. The summed E-state index contributed by atoms with van der Waals surface area (Å²) in [6, 6.07) is 0.404. The van der Waals surface area contributed by atoms with Gasteiger partial charge < -0.3 is 11.1 Å². The van der Waals surface area contributed by atoms with Gasteiger partial charge in [0.2, 0.25) is 0 Å². The summed E-state index contributed by atoms with van der Waals surface area (Å²) in [5.41, 5.74) is 6.38. The Balaban J connectivity index is 1.99. The van der Waals surface area contributed by atoms with Crippen molar-refractivity contribution in [2.75, 3.05) is 6.54 Å². The summed E-state index contributed by atoms with van der Waals surface area (Å²) in [5, 5.41) is 3.60. The predicted molar refractivity (Wildman–Crippen MR) is 57.8 cm³/mol. The van der Waals surface area contributed by atoms with Crippen molar-refractivity contribution in [3.63, 3.8) is 0 Å². The van der Waals surface area contributed by atoms with E-state index in [1.54, 1.807) is 0 Å². The van der Waals surface area contributed by atoms with Crippen LogP contribution < -0.4 is 11.1 Å². The zero-order valence-corrected chi connectivity index (χ0v) is 9.10. The van der Waals surface area contributed by atoms with E-state index in [2.05, 4.69) is 19.2 Å². The van der Waals surface area contributed by atoms with Crippen LogP contribution in [0.2, 0.25) is 0 Å². The predicted octanol–water partition coefficient (Wildman–Crippen LogP) is 2.04. The Bertz CT molecular complexity index is 141. The van der Waals surface area contributed by atoms with Crippen molar-refractivity contribution in [3.05, 3.63) is 0 Å². The Hall–Kier alpha value is -0.0800. The van der Waals surface area contributed by atoms with Crippen LogP contribution in [-0.4, -0.2) is 18.1 Å². The first kappa shape index (κ1) is 11.0. The average molecular weight is 184 g/mol. The van der Waals surface area contributed by atoms with Crippen molar-refractivity contribution in [2.45, 2.75) is 64.0 Å². The van der Waals surface area contributed by atoms with Gasteiger partial charge in [-0.05, 0) is 45.6 Å². The summed E-state index contributed by atoms with van der Waals surface area (Å²) < 4.78 is 0. The lowest BCUT2D eigenvalue weighted by atomic mass is 9.78. The summed E-state index contributed by atoms with van der Waals surface area (Å²) >= 11 is 0. The molecule has 3 N–H and O–H groups in total. The molecule has 0 spiro atoms. The van der Waals surface area contributed by atoms with Crippen LogP contribution in [0.25, 0.3) is 0 Å². The van der Waals surface area contributed by atoms with Crippen molar-refractivity contribution in [1.82, 2.24) is 5.32 Å². The van der Waals surface area contributed by atoms with Crippen molar-refractivity contribution < 1.29 is 0 Å². The Morgan fingerprint density at radius 1 is 1.38 bits per heavy atom. The van der Waals surface area contributed by atoms with Gasteiger partial charge in [0.25, 0.3) is 0 Å². The first-order valence-electron chi connectivity index (χ1n) is 5.67. The topological polar surface area (TPSA) is 38.0 Å². The van der Waals surface area contributed by atoms with Crippen molar-refractivity contribution in [2.24, 2.45) is 5.73 Å². The average Bonchev–Trinajstić information content (AvgIpc) is 2.02. The van der Waals surface area contributed by atoms with E-state index >= 15 is 0 Å². The molecule has 1 unspecified atom stereocenters. The van der Waals surface area contributed by atoms with Crippen LogP contribution in [0.3, 0.4) is 0 Å². The van der Waals surface area contributed by atoms with E-state index in [0.717, 1.165) is 13.0 Å². The zero-order valence-electron chi connectivity index (χ0n) is 9.10. The Kier molecular flexibility index (Phi) is 4.20. The van der Waals surface area contributed by atoms with E-state index in [4.69, 9.17) is 5.73 Å². The molecule has 0 saturated heterocycles. The van der Waals surface area contributed by atoms with Gasteiger partial charge in [0, 0.05) is 11.6 Å². The van der Waals surface area contributed by atoms with Crippen LogP contribution in [0.15, 0.2) is 0 Å². The molecule has 2 nitrogen and oxygen atoms in total. The Morgan fingerprint density at radius 2 is 2.08 bits per heavy atom. The molecule has 0 bridgehead atoms. The SMILES string of the molecule is CCCC(N)CCNC1(C)CCC1. The molecule has 0 radical (unpaired) electrons. The minimum absolute atomic E-state index is 0.404. The number of rotatable bonds is 6. The minimum atomic E-state index is 0.404. The monoisotopic (exact) mass is 184 g/mol. The summed E-state index contributed by atoms with van der Waals surface area (Å²) in [4.78, 5) is 0. The normalized spacial score (nSPS) is 22.4. The van der Waals surface area contributed by atoms with E-state index < -0.39 is 0 Å². The van der Waals surface area contributed by atoms with Gasteiger partial charge in [-0.3, -0.25) is 0 Å². The van der Waals surface area contributed by atoms with Crippen LogP contribution >= 0.6 is 0 Å². The number of hydrogen-bond donors (Lipinski definition) is 2. The molecule has 1 aliphatic rings. The molecule has 1 saturated carbocycles. The van der Waals surface area contributed by atoms with Crippen molar-refractivity contribution in [1.29, 1.82) is 0 Å². The van der Waals surface area contributed by atoms with E-state index in [-0.39, 0.29) is 0 Å². The number of nitrogens with two attached hydrogens (primary N) is 1.